The van der Waals surface area contributed by atoms with Gasteiger partial charge in [0.15, 0.2) is 18.1 Å². The molecule has 5 aliphatic carbocycles. The summed E-state index contributed by atoms with van der Waals surface area (Å²) in [6.07, 6.45) is 5.70. The topological polar surface area (TPSA) is 150 Å². The van der Waals surface area contributed by atoms with Gasteiger partial charge in [0.1, 0.15) is 5.60 Å². The average molecular weight is 576 g/mol. The minimum Gasteiger partial charge on any atom is -0.481 e. The van der Waals surface area contributed by atoms with Crippen molar-refractivity contribution < 1.29 is 43.6 Å². The standard InChI is InChI=1S/C31H42FNO8/c1-17-12-23-22-9-8-20-13-21(34)10-11-28(20,2)30(22,32)24(35)14-29(23,3)31(17,40)25(36)16-41-27(39)33-15-18-4-6-19(7-5-18)26(37)38/h10-11,13,17-19,22-24,35,40H,4-9,12,14-16H2,1-3H3,(H,33,39)(H,37,38)/t17-,18-,19-,22+,23+,24+,28+,29+,30+,31+/m1/s1. The number of nitrogens with one attached hydrogen (secondary N) is 1. The molecule has 4 saturated carbocycles. The van der Waals surface area contributed by atoms with E-state index in [9.17, 15) is 29.4 Å². The highest BCUT2D eigenvalue weighted by Gasteiger charge is 2.75. The number of ether oxygens (including phenoxy) is 1. The Kier molecular flexibility index (Phi) is 7.50. The van der Waals surface area contributed by atoms with Gasteiger partial charge in [0, 0.05) is 23.3 Å². The summed E-state index contributed by atoms with van der Waals surface area (Å²) in [7, 11) is 0. The molecule has 9 nitrogen and oxygen atoms in total. The van der Waals surface area contributed by atoms with Crippen molar-refractivity contribution in [2.45, 2.75) is 89.5 Å². The molecule has 0 unspecified atom stereocenters. The van der Waals surface area contributed by atoms with Crippen LogP contribution < -0.4 is 5.32 Å². The maximum atomic E-state index is 17.3. The van der Waals surface area contributed by atoms with Crippen molar-refractivity contribution in [1.82, 2.24) is 5.32 Å². The lowest BCUT2D eigenvalue weighted by molar-refractivity contribution is -0.219. The number of carbonyl (C=O) groups excluding carboxylic acids is 3. The lowest BCUT2D eigenvalue weighted by atomic mass is 9.44. The number of aliphatic carboxylic acids is 1. The molecule has 0 aromatic carbocycles. The van der Waals surface area contributed by atoms with Crippen LogP contribution in [0.1, 0.15) is 72.1 Å². The number of amides is 1. The fourth-order valence-electron chi connectivity index (χ4n) is 9.27. The van der Waals surface area contributed by atoms with E-state index in [0.717, 1.165) is 0 Å². The largest absolute Gasteiger partial charge is 0.481 e. The summed E-state index contributed by atoms with van der Waals surface area (Å²) < 4.78 is 22.5. The SMILES string of the molecule is C[C@@H]1C[C@H]2[C@@H]3CCC4=CC(=O)C=C[C@]4(C)[C@@]3(F)[C@@H](O)C[C@]2(C)[C@@]1(O)C(=O)COC(=O)NC[C@H]1CC[C@H](C(=O)O)CC1. The fourth-order valence-corrected chi connectivity index (χ4v) is 9.27. The second kappa shape index (κ2) is 10.3. The van der Waals surface area contributed by atoms with Gasteiger partial charge in [-0.15, -0.1) is 0 Å². The predicted molar refractivity (Wildman–Crippen MR) is 145 cm³/mol. The Hall–Kier alpha value is -2.59. The van der Waals surface area contributed by atoms with Crippen LogP contribution in [-0.2, 0) is 19.1 Å². The number of Topliss-reactive ketones (excluding diaryl/α,β-unsaturated/α-hetero) is 1. The van der Waals surface area contributed by atoms with Gasteiger partial charge in [-0.25, -0.2) is 9.18 Å². The molecule has 8 atom stereocenters. The molecule has 0 heterocycles. The van der Waals surface area contributed by atoms with Crippen LogP contribution in [0.3, 0.4) is 0 Å². The van der Waals surface area contributed by atoms with Crippen LogP contribution in [0.5, 0.6) is 0 Å². The third kappa shape index (κ3) is 4.39. The third-order valence-corrected chi connectivity index (χ3v) is 11.7. The van der Waals surface area contributed by atoms with Crippen molar-refractivity contribution in [1.29, 1.82) is 0 Å². The second-order valence-electron chi connectivity index (χ2n) is 13.6. The molecule has 0 spiro atoms. The molecule has 1 amide bonds. The van der Waals surface area contributed by atoms with Gasteiger partial charge < -0.3 is 25.4 Å². The highest BCUT2D eigenvalue weighted by atomic mass is 19.1. The second-order valence-corrected chi connectivity index (χ2v) is 13.6. The molecule has 0 aromatic rings. The molecule has 0 radical (unpaired) electrons. The van der Waals surface area contributed by atoms with E-state index in [2.05, 4.69) is 5.32 Å². The first kappa shape index (κ1) is 29.9. The van der Waals surface area contributed by atoms with Crippen molar-refractivity contribution in [3.63, 3.8) is 0 Å². The summed E-state index contributed by atoms with van der Waals surface area (Å²) in [5.41, 5.74) is -5.63. The Balaban J connectivity index is 1.26. The molecule has 0 saturated heterocycles. The van der Waals surface area contributed by atoms with E-state index in [-0.39, 0.29) is 24.0 Å². The Morgan fingerprint density at radius 2 is 1.80 bits per heavy atom. The maximum absolute atomic E-state index is 17.3. The number of aliphatic hydroxyl groups excluding tert-OH is 1. The first-order chi connectivity index (χ1) is 19.2. The summed E-state index contributed by atoms with van der Waals surface area (Å²) in [5, 5.41) is 35.2. The predicted octanol–water partition coefficient (Wildman–Crippen LogP) is 3.52. The van der Waals surface area contributed by atoms with Gasteiger partial charge in [-0.3, -0.25) is 14.4 Å². The number of fused-ring (bicyclic) bond motifs is 5. The summed E-state index contributed by atoms with van der Waals surface area (Å²) in [6.45, 7) is 4.86. The number of carbonyl (C=O) groups is 4. The van der Waals surface area contributed by atoms with E-state index in [4.69, 9.17) is 9.84 Å². The lowest BCUT2D eigenvalue weighted by Gasteiger charge is -2.62. The van der Waals surface area contributed by atoms with Crippen LogP contribution in [0, 0.1) is 40.4 Å². The van der Waals surface area contributed by atoms with Crippen molar-refractivity contribution in [3.8, 4) is 0 Å². The molecular weight excluding hydrogens is 533 g/mol. The average Bonchev–Trinajstić information content (AvgIpc) is 3.13. The normalized spacial score (nSPS) is 45.1. The van der Waals surface area contributed by atoms with Crippen LogP contribution in [0.25, 0.3) is 0 Å². The zero-order valence-corrected chi connectivity index (χ0v) is 24.0. The Morgan fingerprint density at radius 1 is 1.12 bits per heavy atom. The first-order valence-corrected chi connectivity index (χ1v) is 14.9. The summed E-state index contributed by atoms with van der Waals surface area (Å²) in [5.74, 6) is -3.48. The van der Waals surface area contributed by atoms with E-state index in [1.165, 1.54) is 12.2 Å². The lowest BCUT2D eigenvalue weighted by Crippen LogP contribution is -2.69. The Labute approximate surface area is 239 Å². The zero-order chi connectivity index (χ0) is 30.0. The zero-order valence-electron chi connectivity index (χ0n) is 24.0. The highest BCUT2D eigenvalue weighted by Crippen LogP contribution is 2.70. The molecular formula is C31H42FNO8. The number of allylic oxidation sites excluding steroid dienone is 4. The van der Waals surface area contributed by atoms with E-state index in [1.807, 2.05) is 0 Å². The molecule has 226 valence electrons. The number of ketones is 2. The molecule has 10 heteroatoms. The van der Waals surface area contributed by atoms with Gasteiger partial charge in [-0.1, -0.05) is 25.5 Å². The van der Waals surface area contributed by atoms with Crippen molar-refractivity contribution >= 4 is 23.6 Å². The number of hydrogen-bond donors (Lipinski definition) is 4. The van der Waals surface area contributed by atoms with Crippen LogP contribution in [0.2, 0.25) is 0 Å². The van der Waals surface area contributed by atoms with E-state index in [1.54, 1.807) is 26.8 Å². The number of carboxylic acids is 1. The Morgan fingerprint density at radius 3 is 2.46 bits per heavy atom. The van der Waals surface area contributed by atoms with E-state index in [0.29, 0.717) is 57.1 Å². The number of rotatable bonds is 6. The highest BCUT2D eigenvalue weighted by molar-refractivity contribution is 6.01. The van der Waals surface area contributed by atoms with Gasteiger partial charge >= 0.3 is 12.1 Å². The van der Waals surface area contributed by atoms with Crippen molar-refractivity contribution in [3.05, 3.63) is 23.8 Å². The van der Waals surface area contributed by atoms with Crippen molar-refractivity contribution in [2.24, 2.45) is 40.4 Å². The molecule has 0 aromatic heterocycles. The van der Waals surface area contributed by atoms with E-state index >= 15 is 4.39 Å². The monoisotopic (exact) mass is 575 g/mol. The molecule has 4 N–H and O–H groups in total. The molecule has 0 bridgehead atoms. The number of hydrogen-bond acceptors (Lipinski definition) is 7. The quantitative estimate of drug-likeness (QED) is 0.376. The van der Waals surface area contributed by atoms with Gasteiger partial charge in [-0.2, -0.15) is 0 Å². The molecule has 4 fully saturated rings. The first-order valence-electron chi connectivity index (χ1n) is 14.9. The van der Waals surface area contributed by atoms with Gasteiger partial charge in [0.05, 0.1) is 12.0 Å². The molecule has 41 heavy (non-hydrogen) atoms. The smallest absolute Gasteiger partial charge is 0.407 e. The molecule has 5 aliphatic rings. The summed E-state index contributed by atoms with van der Waals surface area (Å²) in [4.78, 5) is 49.2. The van der Waals surface area contributed by atoms with E-state index < -0.39 is 70.4 Å². The van der Waals surface area contributed by atoms with Gasteiger partial charge in [-0.05, 0) is 88.2 Å². The Bertz CT molecular complexity index is 1190. The number of alkyl halides is 1. The number of halogens is 1. The number of alkyl carbamates (subject to hydrolysis) is 1. The van der Waals surface area contributed by atoms with Crippen LogP contribution in [0.15, 0.2) is 23.8 Å². The minimum atomic E-state index is -2.06. The number of carboxylic acid groups (broad SMARTS) is 1. The van der Waals surface area contributed by atoms with Crippen LogP contribution >= 0.6 is 0 Å². The summed E-state index contributed by atoms with van der Waals surface area (Å²) in [6, 6.07) is 0. The van der Waals surface area contributed by atoms with Crippen LogP contribution in [-0.4, -0.2) is 69.5 Å². The van der Waals surface area contributed by atoms with Crippen LogP contribution in [0.4, 0.5) is 9.18 Å². The minimum absolute atomic E-state index is 0.127. The maximum Gasteiger partial charge on any atom is 0.407 e. The summed E-state index contributed by atoms with van der Waals surface area (Å²) >= 11 is 0. The molecule has 0 aliphatic heterocycles. The van der Waals surface area contributed by atoms with Crippen molar-refractivity contribution in [2.75, 3.05) is 13.2 Å². The number of aliphatic hydroxyl groups is 2. The fraction of sp³-hybridized carbons (Fsp3) is 0.742. The van der Waals surface area contributed by atoms with Gasteiger partial charge in [0.25, 0.3) is 0 Å². The third-order valence-electron chi connectivity index (χ3n) is 11.7. The molecule has 5 rings (SSSR count). The van der Waals surface area contributed by atoms with Gasteiger partial charge in [0.2, 0.25) is 5.78 Å².